The number of piperidine rings is 1. The van der Waals surface area contributed by atoms with Crippen molar-refractivity contribution in [2.45, 2.75) is 26.5 Å². The maximum absolute atomic E-state index is 9.89. The number of hydrogen-bond acceptors (Lipinski definition) is 3. The van der Waals surface area contributed by atoms with Crippen molar-refractivity contribution in [3.8, 4) is 0 Å². The smallest absolute Gasteiger partial charge is 0.0615 e. The molecule has 0 aromatic carbocycles. The predicted octanol–water partition coefficient (Wildman–Crippen LogP) is 1.53. The highest BCUT2D eigenvalue weighted by Crippen LogP contribution is 2.22. The van der Waals surface area contributed by atoms with E-state index in [1.54, 1.807) is 6.20 Å². The van der Waals surface area contributed by atoms with E-state index in [1.165, 1.54) is 5.56 Å². The van der Waals surface area contributed by atoms with Gasteiger partial charge in [0.15, 0.2) is 0 Å². The third-order valence-corrected chi connectivity index (χ3v) is 3.39. The molecular formula is C13H20N2O. The SMILES string of the molecule is CC1CN(Cc2cccnc2)CC(C)C1O. The molecule has 2 atom stereocenters. The number of aromatic nitrogens is 1. The highest BCUT2D eigenvalue weighted by atomic mass is 16.3. The average molecular weight is 220 g/mol. The van der Waals surface area contributed by atoms with Gasteiger partial charge >= 0.3 is 0 Å². The minimum absolute atomic E-state index is 0.148. The third-order valence-electron chi connectivity index (χ3n) is 3.39. The van der Waals surface area contributed by atoms with Crippen LogP contribution in [0, 0.1) is 11.8 Å². The van der Waals surface area contributed by atoms with E-state index in [-0.39, 0.29) is 6.10 Å². The van der Waals surface area contributed by atoms with Gasteiger partial charge in [-0.2, -0.15) is 0 Å². The summed E-state index contributed by atoms with van der Waals surface area (Å²) in [4.78, 5) is 6.53. The summed E-state index contributed by atoms with van der Waals surface area (Å²) >= 11 is 0. The first-order valence-electron chi connectivity index (χ1n) is 5.96. The summed E-state index contributed by atoms with van der Waals surface area (Å²) in [6.07, 6.45) is 3.57. The zero-order chi connectivity index (χ0) is 11.5. The van der Waals surface area contributed by atoms with Crippen LogP contribution >= 0.6 is 0 Å². The van der Waals surface area contributed by atoms with Crippen LogP contribution in [0.25, 0.3) is 0 Å². The van der Waals surface area contributed by atoms with E-state index >= 15 is 0 Å². The Morgan fingerprint density at radius 2 is 2.06 bits per heavy atom. The Balaban J connectivity index is 1.97. The normalized spacial score (nSPS) is 31.6. The molecule has 2 unspecified atom stereocenters. The van der Waals surface area contributed by atoms with Gasteiger partial charge in [-0.25, -0.2) is 0 Å². The van der Waals surface area contributed by atoms with Crippen LogP contribution < -0.4 is 0 Å². The quantitative estimate of drug-likeness (QED) is 0.821. The Morgan fingerprint density at radius 3 is 2.62 bits per heavy atom. The lowest BCUT2D eigenvalue weighted by molar-refractivity contribution is -0.0107. The number of rotatable bonds is 2. The molecule has 1 aromatic rings. The Bertz CT molecular complexity index is 316. The second kappa shape index (κ2) is 4.93. The second-order valence-corrected chi connectivity index (χ2v) is 5.00. The van der Waals surface area contributed by atoms with E-state index in [0.29, 0.717) is 11.8 Å². The van der Waals surface area contributed by atoms with Crippen molar-refractivity contribution in [2.75, 3.05) is 13.1 Å². The molecule has 1 aliphatic heterocycles. The van der Waals surface area contributed by atoms with E-state index in [4.69, 9.17) is 0 Å². The van der Waals surface area contributed by atoms with Crippen molar-refractivity contribution in [2.24, 2.45) is 11.8 Å². The van der Waals surface area contributed by atoms with Crippen molar-refractivity contribution in [3.63, 3.8) is 0 Å². The summed E-state index contributed by atoms with van der Waals surface area (Å²) in [5.74, 6) is 0.723. The van der Waals surface area contributed by atoms with Gasteiger partial charge in [-0.1, -0.05) is 19.9 Å². The molecule has 0 saturated carbocycles. The Morgan fingerprint density at radius 1 is 1.38 bits per heavy atom. The maximum Gasteiger partial charge on any atom is 0.0615 e. The van der Waals surface area contributed by atoms with Gasteiger partial charge in [-0.15, -0.1) is 0 Å². The van der Waals surface area contributed by atoms with Crippen LogP contribution in [-0.4, -0.2) is 34.2 Å². The summed E-state index contributed by atoms with van der Waals surface area (Å²) in [5, 5.41) is 9.89. The number of likely N-dealkylation sites (tertiary alicyclic amines) is 1. The average Bonchev–Trinajstić information content (AvgIpc) is 2.27. The van der Waals surface area contributed by atoms with Gasteiger partial charge in [-0.05, 0) is 23.5 Å². The van der Waals surface area contributed by atoms with Crippen LogP contribution in [0.2, 0.25) is 0 Å². The molecule has 3 heteroatoms. The van der Waals surface area contributed by atoms with Gasteiger partial charge in [0.1, 0.15) is 0 Å². The first kappa shape index (κ1) is 11.6. The predicted molar refractivity (Wildman–Crippen MR) is 63.8 cm³/mol. The molecule has 0 bridgehead atoms. The highest BCUT2D eigenvalue weighted by molar-refractivity contribution is 5.08. The lowest BCUT2D eigenvalue weighted by Gasteiger charge is -2.38. The molecular weight excluding hydrogens is 200 g/mol. The van der Waals surface area contributed by atoms with Crippen LogP contribution in [0.15, 0.2) is 24.5 Å². The summed E-state index contributed by atoms with van der Waals surface area (Å²) in [7, 11) is 0. The standard InChI is InChI=1S/C13H20N2O/c1-10-7-15(8-11(2)13(10)16)9-12-4-3-5-14-6-12/h3-6,10-11,13,16H,7-9H2,1-2H3. The van der Waals surface area contributed by atoms with Crippen LogP contribution in [0.5, 0.6) is 0 Å². The molecule has 2 heterocycles. The van der Waals surface area contributed by atoms with E-state index < -0.39 is 0 Å². The Labute approximate surface area is 97.1 Å². The number of aliphatic hydroxyl groups is 1. The molecule has 16 heavy (non-hydrogen) atoms. The van der Waals surface area contributed by atoms with Crippen molar-refractivity contribution in [1.29, 1.82) is 0 Å². The first-order chi connectivity index (χ1) is 7.66. The van der Waals surface area contributed by atoms with Gasteiger partial charge < -0.3 is 5.11 Å². The zero-order valence-corrected chi connectivity index (χ0v) is 10.0. The van der Waals surface area contributed by atoms with Gasteiger partial charge in [0.2, 0.25) is 0 Å². The number of hydrogen-bond donors (Lipinski definition) is 1. The van der Waals surface area contributed by atoms with Crippen molar-refractivity contribution in [1.82, 2.24) is 9.88 Å². The van der Waals surface area contributed by atoms with Crippen molar-refractivity contribution in [3.05, 3.63) is 30.1 Å². The van der Waals surface area contributed by atoms with Crippen LogP contribution in [0.1, 0.15) is 19.4 Å². The van der Waals surface area contributed by atoms with Gasteiger partial charge in [0.05, 0.1) is 6.10 Å². The molecule has 0 radical (unpaired) electrons. The maximum atomic E-state index is 9.89. The second-order valence-electron chi connectivity index (χ2n) is 5.00. The fourth-order valence-electron chi connectivity index (χ4n) is 2.54. The molecule has 1 aliphatic rings. The van der Waals surface area contributed by atoms with E-state index in [1.807, 2.05) is 12.3 Å². The molecule has 0 amide bonds. The molecule has 1 saturated heterocycles. The van der Waals surface area contributed by atoms with Crippen LogP contribution in [0.4, 0.5) is 0 Å². The fourth-order valence-corrected chi connectivity index (χ4v) is 2.54. The van der Waals surface area contributed by atoms with E-state index in [0.717, 1.165) is 19.6 Å². The summed E-state index contributed by atoms with van der Waals surface area (Å²) in [6, 6.07) is 4.08. The molecule has 3 nitrogen and oxygen atoms in total. The van der Waals surface area contributed by atoms with Gasteiger partial charge in [-0.3, -0.25) is 9.88 Å². The van der Waals surface area contributed by atoms with E-state index in [2.05, 4.69) is 29.8 Å². The fraction of sp³-hybridized carbons (Fsp3) is 0.615. The summed E-state index contributed by atoms with van der Waals surface area (Å²) in [6.45, 7) is 7.13. The summed E-state index contributed by atoms with van der Waals surface area (Å²) < 4.78 is 0. The van der Waals surface area contributed by atoms with Gasteiger partial charge in [0, 0.05) is 32.0 Å². The minimum atomic E-state index is -0.148. The summed E-state index contributed by atoms with van der Waals surface area (Å²) in [5.41, 5.74) is 1.25. The molecule has 1 N–H and O–H groups in total. The van der Waals surface area contributed by atoms with Gasteiger partial charge in [0.25, 0.3) is 0 Å². The van der Waals surface area contributed by atoms with E-state index in [9.17, 15) is 5.11 Å². The molecule has 0 aliphatic carbocycles. The Kier molecular flexibility index (Phi) is 3.56. The third kappa shape index (κ3) is 2.60. The molecule has 88 valence electrons. The number of pyridine rings is 1. The lowest BCUT2D eigenvalue weighted by Crippen LogP contribution is -2.46. The zero-order valence-electron chi connectivity index (χ0n) is 10.0. The molecule has 1 aromatic heterocycles. The van der Waals surface area contributed by atoms with Crippen LogP contribution in [0.3, 0.4) is 0 Å². The highest BCUT2D eigenvalue weighted by Gasteiger charge is 2.29. The number of aliphatic hydroxyl groups excluding tert-OH is 1. The van der Waals surface area contributed by atoms with Crippen molar-refractivity contribution >= 4 is 0 Å². The molecule has 2 rings (SSSR count). The largest absolute Gasteiger partial charge is 0.392 e. The molecule has 0 spiro atoms. The number of nitrogens with zero attached hydrogens (tertiary/aromatic N) is 2. The monoisotopic (exact) mass is 220 g/mol. The lowest BCUT2D eigenvalue weighted by atomic mass is 9.88. The topological polar surface area (TPSA) is 36.4 Å². The molecule has 1 fully saturated rings. The first-order valence-corrected chi connectivity index (χ1v) is 5.96. The minimum Gasteiger partial charge on any atom is -0.392 e. The van der Waals surface area contributed by atoms with Crippen molar-refractivity contribution < 1.29 is 5.11 Å². The Hall–Kier alpha value is -0.930. The van der Waals surface area contributed by atoms with Crippen LogP contribution in [-0.2, 0) is 6.54 Å².